The summed E-state index contributed by atoms with van der Waals surface area (Å²) < 4.78 is 9.82. The lowest BCUT2D eigenvalue weighted by atomic mass is 9.59. The Morgan fingerprint density at radius 1 is 1.67 bits per heavy atom. The molecule has 1 aliphatic carbocycles. The van der Waals surface area contributed by atoms with Gasteiger partial charge in [-0.05, 0) is 18.8 Å². The van der Waals surface area contributed by atoms with Crippen molar-refractivity contribution in [1.82, 2.24) is 4.90 Å². The van der Waals surface area contributed by atoms with E-state index in [9.17, 15) is 9.59 Å². The summed E-state index contributed by atoms with van der Waals surface area (Å²) in [6, 6.07) is 0. The molecule has 2 saturated heterocycles. The van der Waals surface area contributed by atoms with Gasteiger partial charge in [0, 0.05) is 6.54 Å². The molecule has 0 N–H and O–H groups in total. The van der Waals surface area contributed by atoms with Crippen LogP contribution in [0.25, 0.3) is 0 Å². The minimum absolute atomic E-state index is 0.179. The summed E-state index contributed by atoms with van der Waals surface area (Å²) in [6.07, 6.45) is 1.55. The Kier molecular flexibility index (Phi) is 1.59. The van der Waals surface area contributed by atoms with Crippen LogP contribution in [0.15, 0.2) is 0 Å². The van der Waals surface area contributed by atoms with Gasteiger partial charge in [-0.25, -0.2) is 4.79 Å². The van der Waals surface area contributed by atoms with Crippen LogP contribution in [0.4, 0.5) is 4.79 Å². The average molecular weight is 211 g/mol. The maximum absolute atomic E-state index is 11.6. The largest absolute Gasteiger partial charge is 0.469 e. The Hall–Kier alpha value is -1.26. The molecule has 0 aromatic heterocycles. The Balaban J connectivity index is 1.93. The van der Waals surface area contributed by atoms with Crippen molar-refractivity contribution in [3.63, 3.8) is 0 Å². The van der Waals surface area contributed by atoms with Crippen molar-refractivity contribution in [2.24, 2.45) is 11.8 Å². The first-order chi connectivity index (χ1) is 7.20. The number of methoxy groups -OCH3 is 1. The zero-order valence-electron chi connectivity index (χ0n) is 8.56. The molecule has 82 valence electrons. The summed E-state index contributed by atoms with van der Waals surface area (Å²) in [5.41, 5.74) is -0.357. The molecule has 0 bridgehead atoms. The van der Waals surface area contributed by atoms with Gasteiger partial charge in [0.15, 0.2) is 0 Å². The predicted octanol–water partition coefficient (Wildman–Crippen LogP) is 0.390. The van der Waals surface area contributed by atoms with Crippen LogP contribution >= 0.6 is 0 Å². The molecule has 3 rings (SSSR count). The predicted molar refractivity (Wildman–Crippen MR) is 49.0 cm³/mol. The van der Waals surface area contributed by atoms with Crippen LogP contribution in [0.5, 0.6) is 0 Å². The van der Waals surface area contributed by atoms with Gasteiger partial charge in [-0.15, -0.1) is 0 Å². The van der Waals surface area contributed by atoms with Crippen LogP contribution in [-0.4, -0.2) is 42.8 Å². The number of amides is 1. The molecule has 1 spiro atoms. The van der Waals surface area contributed by atoms with Gasteiger partial charge in [-0.1, -0.05) is 0 Å². The van der Waals surface area contributed by atoms with Crippen LogP contribution < -0.4 is 0 Å². The first-order valence-electron chi connectivity index (χ1n) is 5.22. The van der Waals surface area contributed by atoms with Crippen molar-refractivity contribution in [3.8, 4) is 0 Å². The minimum atomic E-state index is -0.357. The number of rotatable bonds is 1. The molecule has 3 fully saturated rings. The molecular formula is C10H13NO4. The smallest absolute Gasteiger partial charge is 0.410 e. The number of nitrogens with zero attached hydrogens (tertiary/aromatic N) is 1. The van der Waals surface area contributed by atoms with Crippen molar-refractivity contribution in [3.05, 3.63) is 0 Å². The highest BCUT2D eigenvalue weighted by Crippen LogP contribution is 2.57. The average Bonchev–Trinajstić information content (AvgIpc) is 2.68. The number of cyclic esters (lactones) is 1. The first-order valence-corrected chi connectivity index (χ1v) is 5.22. The normalized spacial score (nSPS) is 41.7. The van der Waals surface area contributed by atoms with E-state index in [1.54, 1.807) is 4.90 Å². The number of ether oxygens (including phenoxy) is 2. The molecular weight excluding hydrogens is 198 g/mol. The van der Waals surface area contributed by atoms with E-state index in [0.29, 0.717) is 12.5 Å². The van der Waals surface area contributed by atoms with Crippen LogP contribution in [0.2, 0.25) is 0 Å². The fourth-order valence-corrected chi connectivity index (χ4v) is 3.34. The number of hydrogen-bond acceptors (Lipinski definition) is 4. The van der Waals surface area contributed by atoms with Gasteiger partial charge in [-0.2, -0.15) is 0 Å². The molecule has 5 heteroatoms. The van der Waals surface area contributed by atoms with Gasteiger partial charge in [0.05, 0.1) is 18.6 Å². The summed E-state index contributed by atoms with van der Waals surface area (Å²) in [6.45, 7) is 1.08. The molecule has 3 aliphatic rings. The van der Waals surface area contributed by atoms with Gasteiger partial charge in [0.25, 0.3) is 0 Å². The van der Waals surface area contributed by atoms with E-state index in [-0.39, 0.29) is 23.5 Å². The topological polar surface area (TPSA) is 55.8 Å². The molecule has 2 aliphatic heterocycles. The number of carbonyl (C=O) groups excluding carboxylic acids is 2. The number of carbonyl (C=O) groups is 2. The fraction of sp³-hybridized carbons (Fsp3) is 0.800. The molecule has 0 aromatic rings. The quantitative estimate of drug-likeness (QED) is 0.589. The Labute approximate surface area is 87.3 Å². The third-order valence-electron chi connectivity index (χ3n) is 4.17. The second-order valence-electron chi connectivity index (χ2n) is 4.49. The Morgan fingerprint density at radius 2 is 2.47 bits per heavy atom. The van der Waals surface area contributed by atoms with E-state index < -0.39 is 0 Å². The number of hydrogen-bond donors (Lipinski definition) is 0. The standard InChI is InChI=1S/C10H13NO4/c1-14-8(12)7-4-6-2-3-11-9(13)15-5-10(6,7)11/h6-7H,2-5H2,1H3/t6-,7-,10-/m1/s1. The van der Waals surface area contributed by atoms with Crippen molar-refractivity contribution in [2.45, 2.75) is 18.4 Å². The van der Waals surface area contributed by atoms with E-state index in [4.69, 9.17) is 9.47 Å². The summed E-state index contributed by atoms with van der Waals surface area (Å²) in [4.78, 5) is 24.7. The van der Waals surface area contributed by atoms with Gasteiger partial charge in [0.1, 0.15) is 6.61 Å². The summed E-state index contributed by atoms with van der Waals surface area (Å²) >= 11 is 0. The molecule has 0 aromatic carbocycles. The second kappa shape index (κ2) is 2.65. The molecule has 3 atom stereocenters. The fourth-order valence-electron chi connectivity index (χ4n) is 3.34. The maximum Gasteiger partial charge on any atom is 0.410 e. The summed E-state index contributed by atoms with van der Waals surface area (Å²) in [5.74, 6) is 0.0333. The van der Waals surface area contributed by atoms with E-state index in [0.717, 1.165) is 19.4 Å². The van der Waals surface area contributed by atoms with E-state index >= 15 is 0 Å². The molecule has 1 saturated carbocycles. The minimum Gasteiger partial charge on any atom is -0.469 e. The Bertz CT molecular complexity index is 342. The third kappa shape index (κ3) is 0.843. The molecule has 1 amide bonds. The van der Waals surface area contributed by atoms with Gasteiger partial charge < -0.3 is 9.47 Å². The molecule has 15 heavy (non-hydrogen) atoms. The molecule has 5 nitrogen and oxygen atoms in total. The highest BCUT2D eigenvalue weighted by molar-refractivity contribution is 5.80. The maximum atomic E-state index is 11.6. The van der Waals surface area contributed by atoms with Crippen LogP contribution in [0.1, 0.15) is 12.8 Å². The van der Waals surface area contributed by atoms with Crippen molar-refractivity contribution in [1.29, 1.82) is 0 Å². The highest BCUT2D eigenvalue weighted by atomic mass is 16.6. The third-order valence-corrected chi connectivity index (χ3v) is 4.17. The van der Waals surface area contributed by atoms with Crippen LogP contribution in [-0.2, 0) is 14.3 Å². The lowest BCUT2D eigenvalue weighted by molar-refractivity contribution is -0.160. The molecule has 2 heterocycles. The zero-order valence-corrected chi connectivity index (χ0v) is 8.56. The van der Waals surface area contributed by atoms with E-state index in [2.05, 4.69) is 0 Å². The lowest BCUT2D eigenvalue weighted by Gasteiger charge is -2.49. The highest BCUT2D eigenvalue weighted by Gasteiger charge is 2.69. The van der Waals surface area contributed by atoms with Crippen molar-refractivity contribution >= 4 is 12.1 Å². The zero-order chi connectivity index (χ0) is 10.6. The van der Waals surface area contributed by atoms with Crippen LogP contribution in [0.3, 0.4) is 0 Å². The SMILES string of the molecule is COC(=O)[C@H]1C[C@H]2CCN3C(=O)OC[C@@]213. The summed E-state index contributed by atoms with van der Waals surface area (Å²) in [5, 5.41) is 0. The molecule has 0 unspecified atom stereocenters. The van der Waals surface area contributed by atoms with Crippen molar-refractivity contribution < 1.29 is 19.1 Å². The lowest BCUT2D eigenvalue weighted by Crippen LogP contribution is -2.63. The Morgan fingerprint density at radius 3 is 3.20 bits per heavy atom. The van der Waals surface area contributed by atoms with E-state index in [1.165, 1.54) is 7.11 Å². The van der Waals surface area contributed by atoms with Crippen LogP contribution in [0, 0.1) is 11.8 Å². The molecule has 0 radical (unpaired) electrons. The number of esters is 1. The van der Waals surface area contributed by atoms with Gasteiger partial charge in [-0.3, -0.25) is 9.69 Å². The van der Waals surface area contributed by atoms with Gasteiger partial charge in [0.2, 0.25) is 0 Å². The van der Waals surface area contributed by atoms with Gasteiger partial charge >= 0.3 is 12.1 Å². The van der Waals surface area contributed by atoms with Crippen molar-refractivity contribution in [2.75, 3.05) is 20.3 Å². The summed E-state index contributed by atoms with van der Waals surface area (Å²) in [7, 11) is 1.39. The monoisotopic (exact) mass is 211 g/mol. The van der Waals surface area contributed by atoms with E-state index in [1.807, 2.05) is 0 Å². The first kappa shape index (κ1) is 9.00. The second-order valence-corrected chi connectivity index (χ2v) is 4.49.